The van der Waals surface area contributed by atoms with Crippen molar-refractivity contribution in [1.29, 1.82) is 0 Å². The number of likely N-dealkylation sites (tertiary alicyclic amines) is 1. The molecule has 2 heteroatoms. The van der Waals surface area contributed by atoms with E-state index in [2.05, 4.69) is 18.7 Å². The van der Waals surface area contributed by atoms with Crippen molar-refractivity contribution in [3.63, 3.8) is 0 Å². The van der Waals surface area contributed by atoms with Crippen LogP contribution in [-0.2, 0) is 4.79 Å². The van der Waals surface area contributed by atoms with Gasteiger partial charge in [-0.15, -0.1) is 0 Å². The Bertz CT molecular complexity index is 137. The Morgan fingerprint density at radius 3 is 2.42 bits per heavy atom. The van der Waals surface area contributed by atoms with E-state index in [0.29, 0.717) is 5.92 Å². The lowest BCUT2D eigenvalue weighted by molar-refractivity contribution is -0.112. The van der Waals surface area contributed by atoms with Crippen LogP contribution in [0.3, 0.4) is 0 Å². The van der Waals surface area contributed by atoms with Crippen LogP contribution in [0.4, 0.5) is 0 Å². The summed E-state index contributed by atoms with van der Waals surface area (Å²) in [6, 6.07) is 0. The Hall–Kier alpha value is -0.370. The molecule has 1 aliphatic rings. The molecule has 1 aliphatic heterocycles. The fourth-order valence-electron chi connectivity index (χ4n) is 1.69. The predicted octanol–water partition coefficient (Wildman–Crippen LogP) is 1.51. The van der Waals surface area contributed by atoms with E-state index in [1.807, 2.05) is 0 Å². The Labute approximate surface area is 74.9 Å². The van der Waals surface area contributed by atoms with Crippen LogP contribution in [0.25, 0.3) is 0 Å². The van der Waals surface area contributed by atoms with Gasteiger partial charge in [-0.25, -0.2) is 0 Å². The first-order chi connectivity index (χ1) is 5.72. The zero-order valence-electron chi connectivity index (χ0n) is 8.05. The second-order valence-electron chi connectivity index (χ2n) is 3.96. The molecule has 0 bridgehead atoms. The van der Waals surface area contributed by atoms with Crippen molar-refractivity contribution < 1.29 is 4.79 Å². The van der Waals surface area contributed by atoms with Crippen LogP contribution in [0.1, 0.15) is 26.7 Å². The molecule has 0 unspecified atom stereocenters. The van der Waals surface area contributed by atoms with Gasteiger partial charge in [0, 0.05) is 12.5 Å². The monoisotopic (exact) mass is 168 g/mol. The lowest BCUT2D eigenvalue weighted by Crippen LogP contribution is -2.36. The highest BCUT2D eigenvalue weighted by Crippen LogP contribution is 2.15. The molecule has 0 aliphatic carbocycles. The first-order valence-corrected chi connectivity index (χ1v) is 4.69. The molecule has 0 N–H and O–H groups in total. The SMILES string of the molecule is C[C](C)CN1CCC(C=O)CC1. The fraction of sp³-hybridized carbons (Fsp3) is 0.800. The van der Waals surface area contributed by atoms with Gasteiger partial charge in [-0.3, -0.25) is 0 Å². The molecule has 0 atom stereocenters. The van der Waals surface area contributed by atoms with Gasteiger partial charge in [-0.1, -0.05) is 13.8 Å². The number of carbonyl (C=O) groups excluding carboxylic acids is 1. The number of hydrogen-bond acceptors (Lipinski definition) is 2. The number of carbonyl (C=O) groups is 1. The summed E-state index contributed by atoms with van der Waals surface area (Å²) in [5.74, 6) is 1.79. The lowest BCUT2D eigenvalue weighted by atomic mass is 9.98. The molecule has 2 nitrogen and oxygen atoms in total. The molecule has 0 aromatic carbocycles. The van der Waals surface area contributed by atoms with Gasteiger partial charge in [0.05, 0.1) is 0 Å². The molecule has 1 saturated heterocycles. The lowest BCUT2D eigenvalue weighted by Gasteiger charge is -2.30. The van der Waals surface area contributed by atoms with Crippen LogP contribution in [0, 0.1) is 11.8 Å². The standard InChI is InChI=1S/C10H18NO/c1-9(2)7-11-5-3-10(8-12)4-6-11/h8,10H,3-7H2,1-2H3. The van der Waals surface area contributed by atoms with E-state index >= 15 is 0 Å². The summed E-state index contributed by atoms with van der Waals surface area (Å²) in [7, 11) is 0. The molecule has 12 heavy (non-hydrogen) atoms. The zero-order chi connectivity index (χ0) is 8.97. The van der Waals surface area contributed by atoms with Crippen molar-refractivity contribution in [2.75, 3.05) is 19.6 Å². The van der Waals surface area contributed by atoms with E-state index in [9.17, 15) is 4.79 Å². The minimum Gasteiger partial charge on any atom is -0.303 e. The van der Waals surface area contributed by atoms with Gasteiger partial charge >= 0.3 is 0 Å². The minimum atomic E-state index is 0.332. The van der Waals surface area contributed by atoms with E-state index in [1.165, 1.54) is 5.92 Å². The van der Waals surface area contributed by atoms with Crippen molar-refractivity contribution in [2.45, 2.75) is 26.7 Å². The first-order valence-electron chi connectivity index (χ1n) is 4.69. The van der Waals surface area contributed by atoms with Gasteiger partial charge in [0.2, 0.25) is 0 Å². The summed E-state index contributed by atoms with van der Waals surface area (Å²) in [6.45, 7) is 7.60. The maximum atomic E-state index is 10.5. The highest BCUT2D eigenvalue weighted by Gasteiger charge is 2.18. The number of nitrogens with zero attached hydrogens (tertiary/aromatic N) is 1. The smallest absolute Gasteiger partial charge is 0.123 e. The third kappa shape index (κ3) is 2.94. The van der Waals surface area contributed by atoms with Crippen LogP contribution in [-0.4, -0.2) is 30.8 Å². The van der Waals surface area contributed by atoms with Gasteiger partial charge in [-0.05, 0) is 31.8 Å². The van der Waals surface area contributed by atoms with Gasteiger partial charge in [-0.2, -0.15) is 0 Å². The largest absolute Gasteiger partial charge is 0.303 e. The summed E-state index contributed by atoms with van der Waals surface area (Å²) >= 11 is 0. The molecular formula is C10H18NO. The molecule has 1 rings (SSSR count). The summed E-state index contributed by atoms with van der Waals surface area (Å²) in [5, 5.41) is 0. The third-order valence-electron chi connectivity index (χ3n) is 2.36. The van der Waals surface area contributed by atoms with Gasteiger partial charge in [0.1, 0.15) is 6.29 Å². The minimum absolute atomic E-state index is 0.332. The first kappa shape index (κ1) is 9.72. The molecule has 1 heterocycles. The maximum Gasteiger partial charge on any atom is 0.123 e. The second-order valence-corrected chi connectivity index (χ2v) is 3.96. The number of rotatable bonds is 3. The Balaban J connectivity index is 2.21. The van der Waals surface area contributed by atoms with Crippen molar-refractivity contribution in [3.8, 4) is 0 Å². The summed E-state index contributed by atoms with van der Waals surface area (Å²) in [5.41, 5.74) is 0. The normalized spacial score (nSPS) is 21.6. The van der Waals surface area contributed by atoms with Crippen LogP contribution < -0.4 is 0 Å². The Kier molecular flexibility index (Phi) is 3.73. The van der Waals surface area contributed by atoms with Crippen molar-refractivity contribution in [3.05, 3.63) is 5.92 Å². The van der Waals surface area contributed by atoms with E-state index in [1.54, 1.807) is 0 Å². The molecule has 1 radical (unpaired) electrons. The molecule has 0 spiro atoms. The van der Waals surface area contributed by atoms with Gasteiger partial charge in [0.15, 0.2) is 0 Å². The molecular weight excluding hydrogens is 150 g/mol. The highest BCUT2D eigenvalue weighted by molar-refractivity contribution is 5.53. The Morgan fingerprint density at radius 2 is 2.00 bits per heavy atom. The number of aldehydes is 1. The molecule has 0 aromatic heterocycles. The molecule has 69 valence electrons. The number of piperidine rings is 1. The van der Waals surface area contributed by atoms with Gasteiger partial charge < -0.3 is 9.69 Å². The molecule has 0 amide bonds. The summed E-state index contributed by atoms with van der Waals surface area (Å²) < 4.78 is 0. The van der Waals surface area contributed by atoms with Crippen molar-refractivity contribution in [1.82, 2.24) is 4.90 Å². The Morgan fingerprint density at radius 1 is 1.42 bits per heavy atom. The van der Waals surface area contributed by atoms with E-state index < -0.39 is 0 Å². The third-order valence-corrected chi connectivity index (χ3v) is 2.36. The maximum absolute atomic E-state index is 10.5. The average Bonchev–Trinajstić information content (AvgIpc) is 2.05. The molecule has 1 fully saturated rings. The topological polar surface area (TPSA) is 20.3 Å². The van der Waals surface area contributed by atoms with E-state index in [4.69, 9.17) is 0 Å². The van der Waals surface area contributed by atoms with Crippen molar-refractivity contribution >= 4 is 6.29 Å². The quantitative estimate of drug-likeness (QED) is 0.595. The van der Waals surface area contributed by atoms with Crippen LogP contribution in [0.15, 0.2) is 0 Å². The van der Waals surface area contributed by atoms with Crippen LogP contribution in [0.2, 0.25) is 0 Å². The number of hydrogen-bond donors (Lipinski definition) is 0. The second kappa shape index (κ2) is 4.61. The average molecular weight is 168 g/mol. The zero-order valence-corrected chi connectivity index (χ0v) is 8.05. The van der Waals surface area contributed by atoms with E-state index in [-0.39, 0.29) is 0 Å². The summed E-state index contributed by atoms with van der Waals surface area (Å²) in [6.07, 6.45) is 3.22. The highest BCUT2D eigenvalue weighted by atomic mass is 16.1. The van der Waals surface area contributed by atoms with Crippen LogP contribution in [0.5, 0.6) is 0 Å². The van der Waals surface area contributed by atoms with Gasteiger partial charge in [0.25, 0.3) is 0 Å². The van der Waals surface area contributed by atoms with E-state index in [0.717, 1.165) is 38.8 Å². The predicted molar refractivity (Wildman–Crippen MR) is 49.8 cm³/mol. The molecule has 0 aromatic rings. The van der Waals surface area contributed by atoms with Crippen molar-refractivity contribution in [2.24, 2.45) is 5.92 Å². The summed E-state index contributed by atoms with van der Waals surface area (Å²) in [4.78, 5) is 12.9. The van der Waals surface area contributed by atoms with Crippen LogP contribution >= 0.6 is 0 Å². The molecule has 0 saturated carbocycles. The fourth-order valence-corrected chi connectivity index (χ4v) is 1.69.